The first kappa shape index (κ1) is 34.8. The van der Waals surface area contributed by atoms with Gasteiger partial charge < -0.3 is 9.47 Å². The smallest absolute Gasteiger partial charge is 0.0540 e. The highest BCUT2D eigenvalue weighted by molar-refractivity contribution is 5.90. The fourth-order valence-corrected chi connectivity index (χ4v) is 8.08. The first-order valence-electron chi connectivity index (χ1n) is 19.8. The van der Waals surface area contributed by atoms with E-state index in [9.17, 15) is 0 Å². The maximum Gasteiger partial charge on any atom is 0.0540 e. The Labute approximate surface area is 340 Å². The van der Waals surface area contributed by atoms with Crippen LogP contribution in [0.25, 0.3) is 72.4 Å². The van der Waals surface area contributed by atoms with Crippen molar-refractivity contribution in [3.63, 3.8) is 0 Å². The van der Waals surface area contributed by atoms with Gasteiger partial charge in [0.15, 0.2) is 0 Å². The Morgan fingerprint density at radius 1 is 0.259 bits per heavy atom. The number of benzene rings is 9. The van der Waals surface area contributed by atoms with Crippen molar-refractivity contribution in [2.45, 2.75) is 0 Å². The lowest BCUT2D eigenvalue weighted by Gasteiger charge is -2.27. The van der Waals surface area contributed by atoms with Crippen LogP contribution in [0.4, 0.5) is 17.1 Å². The number of para-hydroxylation sites is 1. The number of aromatic nitrogens is 1. The van der Waals surface area contributed by atoms with Gasteiger partial charge in [0.05, 0.1) is 11.2 Å². The molecule has 0 atom stereocenters. The van der Waals surface area contributed by atoms with Gasteiger partial charge in [0.25, 0.3) is 0 Å². The molecule has 1 aromatic heterocycles. The zero-order valence-electron chi connectivity index (χ0n) is 32.0. The van der Waals surface area contributed by atoms with Crippen LogP contribution in [0, 0.1) is 0 Å². The third-order valence-electron chi connectivity index (χ3n) is 11.0. The topological polar surface area (TPSA) is 8.17 Å². The van der Waals surface area contributed by atoms with Crippen LogP contribution in [0.1, 0.15) is 0 Å². The van der Waals surface area contributed by atoms with Gasteiger partial charge in [-0.1, -0.05) is 176 Å². The fourth-order valence-electron chi connectivity index (χ4n) is 8.08. The van der Waals surface area contributed by atoms with Crippen LogP contribution in [0.2, 0.25) is 0 Å². The van der Waals surface area contributed by atoms with Crippen LogP contribution < -0.4 is 4.90 Å². The van der Waals surface area contributed by atoms with E-state index in [1.165, 1.54) is 66.7 Å². The predicted octanol–water partition coefficient (Wildman–Crippen LogP) is 15.4. The van der Waals surface area contributed by atoms with E-state index >= 15 is 0 Å². The standard InChI is InChI=1S/C56H40N2/c1-5-15-41(16-6-1)44-25-31-51(32-26-44)57(54-38-49(42-17-7-2-8-18-42)37-50(39-54)43-19-9-3-10-20-43)52-33-27-45(28-34-52)46-29-35-53(36-30-46)58-55-24-14-13-23-48(55)40-56(58)47-21-11-4-12-22-47/h1-40H. The van der Waals surface area contributed by atoms with Gasteiger partial charge in [-0.2, -0.15) is 0 Å². The molecule has 0 saturated carbocycles. The normalized spacial score (nSPS) is 11.1. The number of rotatable bonds is 9. The molecule has 0 radical (unpaired) electrons. The number of nitrogens with zero attached hydrogens (tertiary/aromatic N) is 2. The third kappa shape index (κ3) is 6.89. The second-order valence-corrected chi connectivity index (χ2v) is 14.6. The molecule has 0 aliphatic carbocycles. The highest BCUT2D eigenvalue weighted by Gasteiger charge is 2.17. The largest absolute Gasteiger partial charge is 0.310 e. The SMILES string of the molecule is c1ccc(-c2ccc(N(c3ccc(-c4ccc(-n5c(-c6ccccc6)cc6ccccc65)cc4)cc3)c3cc(-c4ccccc4)cc(-c4ccccc4)c3)cc2)cc1. The van der Waals surface area contributed by atoms with Crippen LogP contribution >= 0.6 is 0 Å². The lowest BCUT2D eigenvalue weighted by molar-refractivity contribution is 1.13. The Kier molecular flexibility index (Phi) is 9.27. The summed E-state index contributed by atoms with van der Waals surface area (Å²) in [6.45, 7) is 0. The maximum absolute atomic E-state index is 2.38. The summed E-state index contributed by atoms with van der Waals surface area (Å²) < 4.78 is 2.37. The summed E-state index contributed by atoms with van der Waals surface area (Å²) in [6.07, 6.45) is 0. The Morgan fingerprint density at radius 3 is 1.12 bits per heavy atom. The molecular formula is C56H40N2. The molecule has 0 saturated heterocycles. The van der Waals surface area contributed by atoms with Crippen molar-refractivity contribution in [3.05, 3.63) is 243 Å². The van der Waals surface area contributed by atoms with E-state index in [4.69, 9.17) is 0 Å². The van der Waals surface area contributed by atoms with Gasteiger partial charge in [0.1, 0.15) is 0 Å². The molecule has 58 heavy (non-hydrogen) atoms. The molecule has 0 amide bonds. The van der Waals surface area contributed by atoms with Crippen LogP contribution in [0.5, 0.6) is 0 Å². The summed E-state index contributed by atoms with van der Waals surface area (Å²) in [5.41, 5.74) is 17.4. The van der Waals surface area contributed by atoms with E-state index in [0.29, 0.717) is 0 Å². The molecule has 0 bridgehead atoms. The zero-order valence-corrected chi connectivity index (χ0v) is 32.0. The number of hydrogen-bond acceptors (Lipinski definition) is 1. The third-order valence-corrected chi connectivity index (χ3v) is 11.0. The van der Waals surface area contributed by atoms with E-state index in [0.717, 1.165) is 22.7 Å². The van der Waals surface area contributed by atoms with Crippen molar-refractivity contribution in [1.82, 2.24) is 4.57 Å². The Balaban J connectivity index is 1.05. The minimum absolute atomic E-state index is 1.09. The maximum atomic E-state index is 2.38. The summed E-state index contributed by atoms with van der Waals surface area (Å²) >= 11 is 0. The minimum Gasteiger partial charge on any atom is -0.310 e. The van der Waals surface area contributed by atoms with E-state index in [2.05, 4.69) is 252 Å². The average Bonchev–Trinajstić information content (AvgIpc) is 3.71. The van der Waals surface area contributed by atoms with Gasteiger partial charge in [-0.3, -0.25) is 0 Å². The highest BCUT2D eigenvalue weighted by Crippen LogP contribution is 2.41. The zero-order chi connectivity index (χ0) is 38.7. The first-order chi connectivity index (χ1) is 28.7. The Hall–Kier alpha value is -7.68. The summed E-state index contributed by atoms with van der Waals surface area (Å²) in [5.74, 6) is 0. The van der Waals surface area contributed by atoms with Crippen LogP contribution in [0.3, 0.4) is 0 Å². The molecule has 10 rings (SSSR count). The number of hydrogen-bond donors (Lipinski definition) is 0. The molecule has 0 aliphatic rings. The van der Waals surface area contributed by atoms with Crippen molar-refractivity contribution < 1.29 is 0 Å². The van der Waals surface area contributed by atoms with Crippen molar-refractivity contribution in [3.8, 4) is 61.5 Å². The number of fused-ring (bicyclic) bond motifs is 1. The van der Waals surface area contributed by atoms with Crippen molar-refractivity contribution in [2.75, 3.05) is 4.90 Å². The fraction of sp³-hybridized carbons (Fsp3) is 0. The second kappa shape index (κ2) is 15.5. The van der Waals surface area contributed by atoms with Crippen LogP contribution in [-0.2, 0) is 0 Å². The average molecular weight is 741 g/mol. The van der Waals surface area contributed by atoms with Crippen molar-refractivity contribution in [2.24, 2.45) is 0 Å². The van der Waals surface area contributed by atoms with Gasteiger partial charge in [0.2, 0.25) is 0 Å². The Morgan fingerprint density at radius 2 is 0.638 bits per heavy atom. The predicted molar refractivity (Wildman–Crippen MR) is 245 cm³/mol. The molecule has 0 aliphatic heterocycles. The minimum atomic E-state index is 1.09. The van der Waals surface area contributed by atoms with Crippen molar-refractivity contribution in [1.29, 1.82) is 0 Å². The van der Waals surface area contributed by atoms with Gasteiger partial charge in [-0.15, -0.1) is 0 Å². The van der Waals surface area contributed by atoms with E-state index in [1.54, 1.807) is 0 Å². The molecule has 10 aromatic rings. The molecular weight excluding hydrogens is 701 g/mol. The molecule has 2 nitrogen and oxygen atoms in total. The number of anilines is 3. The quantitative estimate of drug-likeness (QED) is 0.143. The van der Waals surface area contributed by atoms with E-state index in [1.807, 2.05) is 0 Å². The van der Waals surface area contributed by atoms with E-state index < -0.39 is 0 Å². The molecule has 0 N–H and O–H groups in total. The monoisotopic (exact) mass is 740 g/mol. The van der Waals surface area contributed by atoms with Gasteiger partial charge in [-0.25, -0.2) is 0 Å². The molecule has 1 heterocycles. The van der Waals surface area contributed by atoms with E-state index in [-0.39, 0.29) is 0 Å². The molecule has 0 fully saturated rings. The highest BCUT2D eigenvalue weighted by atomic mass is 15.1. The van der Waals surface area contributed by atoms with Crippen molar-refractivity contribution >= 4 is 28.0 Å². The van der Waals surface area contributed by atoms with Crippen LogP contribution in [0.15, 0.2) is 243 Å². The lowest BCUT2D eigenvalue weighted by Crippen LogP contribution is -2.10. The van der Waals surface area contributed by atoms with Gasteiger partial charge in [0, 0.05) is 28.1 Å². The summed E-state index contributed by atoms with van der Waals surface area (Å²) in [6, 6.07) is 87.3. The molecule has 274 valence electrons. The summed E-state index contributed by atoms with van der Waals surface area (Å²) in [5, 5.41) is 1.23. The molecule has 0 unspecified atom stereocenters. The summed E-state index contributed by atoms with van der Waals surface area (Å²) in [7, 11) is 0. The van der Waals surface area contributed by atoms with Gasteiger partial charge >= 0.3 is 0 Å². The molecule has 9 aromatic carbocycles. The molecule has 0 spiro atoms. The van der Waals surface area contributed by atoms with Crippen LogP contribution in [-0.4, -0.2) is 4.57 Å². The lowest BCUT2D eigenvalue weighted by atomic mass is 9.97. The second-order valence-electron chi connectivity index (χ2n) is 14.6. The Bertz CT molecular complexity index is 2880. The molecule has 2 heteroatoms. The first-order valence-corrected chi connectivity index (χ1v) is 19.8. The van der Waals surface area contributed by atoms with Gasteiger partial charge in [-0.05, 0) is 117 Å². The summed E-state index contributed by atoms with van der Waals surface area (Å²) in [4.78, 5) is 2.38.